The summed E-state index contributed by atoms with van der Waals surface area (Å²) in [6.45, 7) is 10.0. The number of cyclic esters (lactones) is 1. The molecule has 0 radical (unpaired) electrons. The summed E-state index contributed by atoms with van der Waals surface area (Å²) >= 11 is 0. The second kappa shape index (κ2) is 10.1. The Morgan fingerprint density at radius 2 is 1.77 bits per heavy atom. The van der Waals surface area contributed by atoms with Crippen molar-refractivity contribution in [3.63, 3.8) is 0 Å². The minimum Gasteiger partial charge on any atom is -0.429 e. The van der Waals surface area contributed by atoms with Crippen molar-refractivity contribution in [3.05, 3.63) is 34.9 Å². The van der Waals surface area contributed by atoms with Crippen LogP contribution in [0.1, 0.15) is 86.0 Å². The molecule has 1 fully saturated rings. The molecule has 5 heteroatoms. The fraction of sp³-hybridized carbons (Fsp3) is 0.680. The first-order valence-electron chi connectivity index (χ1n) is 11.1. The third-order valence-electron chi connectivity index (χ3n) is 7.17. The van der Waals surface area contributed by atoms with Gasteiger partial charge in [-0.25, -0.2) is 4.79 Å². The van der Waals surface area contributed by atoms with Crippen molar-refractivity contribution in [1.29, 1.82) is 0 Å². The molecule has 0 amide bonds. The number of carbonyl (C=O) groups excluding carboxylic acids is 2. The van der Waals surface area contributed by atoms with E-state index in [4.69, 9.17) is 0 Å². The minimum atomic E-state index is -1.08. The average Bonchev–Trinajstić information content (AvgIpc) is 3.08. The molecule has 168 valence electrons. The van der Waals surface area contributed by atoms with Gasteiger partial charge in [0.2, 0.25) is 6.29 Å². The van der Waals surface area contributed by atoms with Gasteiger partial charge in [-0.2, -0.15) is 0 Å². The molecule has 0 aromatic carbocycles. The van der Waals surface area contributed by atoms with Gasteiger partial charge >= 0.3 is 5.97 Å². The molecule has 30 heavy (non-hydrogen) atoms. The number of rotatable bonds is 10. The highest BCUT2D eigenvalue weighted by atomic mass is 16.6. The fourth-order valence-corrected chi connectivity index (χ4v) is 5.08. The third kappa shape index (κ3) is 5.50. The second-order valence-electron chi connectivity index (χ2n) is 9.65. The summed E-state index contributed by atoms with van der Waals surface area (Å²) in [4.78, 5) is 23.6. The number of Topliss-reactive ketones (excluding diaryl/α,β-unsaturated/α-hetero) is 1. The molecular formula is C25H38O5. The maximum absolute atomic E-state index is 12.5. The van der Waals surface area contributed by atoms with Crippen molar-refractivity contribution >= 4 is 11.8 Å². The summed E-state index contributed by atoms with van der Waals surface area (Å²) in [5, 5.41) is 20.2. The Labute approximate surface area is 180 Å². The number of aliphatic hydroxyl groups excluding tert-OH is 2. The summed E-state index contributed by atoms with van der Waals surface area (Å²) in [7, 11) is 0. The van der Waals surface area contributed by atoms with E-state index < -0.39 is 23.8 Å². The number of esters is 1. The standard InChI is InChI=1S/C25H38O5/c1-17(10-7-11-20-16-22(28)30-23(20)29)8-6-9-18(2)12-15-25(19(3)26)21(27)13-14-24(25,4)5/h9-10,16,21,23,27,29H,6-8,11-15H2,1-5H3/b17-10+,18-9+/t21-,23-,25+/m1/s1. The average molecular weight is 419 g/mol. The molecule has 2 N–H and O–H groups in total. The zero-order chi connectivity index (χ0) is 22.5. The van der Waals surface area contributed by atoms with Crippen LogP contribution in [0.5, 0.6) is 0 Å². The number of ether oxygens (including phenoxy) is 1. The third-order valence-corrected chi connectivity index (χ3v) is 7.17. The van der Waals surface area contributed by atoms with E-state index in [1.165, 1.54) is 17.2 Å². The zero-order valence-corrected chi connectivity index (χ0v) is 19.2. The number of hydrogen-bond donors (Lipinski definition) is 2. The highest BCUT2D eigenvalue weighted by molar-refractivity contribution is 5.85. The Morgan fingerprint density at radius 1 is 1.13 bits per heavy atom. The molecule has 0 unspecified atom stereocenters. The molecule has 0 aromatic heterocycles. The zero-order valence-electron chi connectivity index (χ0n) is 19.2. The SMILES string of the molecule is CC(=O)[C@@]1(CC/C(C)=C/CC/C(C)=C/CCC2=CC(=O)O[C@H]2O)[C@H](O)CCC1(C)C. The minimum absolute atomic E-state index is 0.110. The molecule has 5 nitrogen and oxygen atoms in total. The lowest BCUT2D eigenvalue weighted by Crippen LogP contribution is -2.46. The maximum atomic E-state index is 12.5. The normalized spacial score (nSPS) is 29.2. The van der Waals surface area contributed by atoms with Gasteiger partial charge in [-0.1, -0.05) is 37.1 Å². The number of aliphatic hydroxyl groups is 2. The van der Waals surface area contributed by atoms with Crippen LogP contribution in [-0.4, -0.2) is 34.4 Å². The van der Waals surface area contributed by atoms with Crippen molar-refractivity contribution in [3.8, 4) is 0 Å². The number of carbonyl (C=O) groups is 2. The van der Waals surface area contributed by atoms with Crippen LogP contribution < -0.4 is 0 Å². The van der Waals surface area contributed by atoms with Crippen LogP contribution in [0.2, 0.25) is 0 Å². The van der Waals surface area contributed by atoms with Gasteiger partial charge in [0.15, 0.2) is 0 Å². The maximum Gasteiger partial charge on any atom is 0.333 e. The molecule has 0 saturated heterocycles. The molecule has 2 aliphatic rings. The van der Waals surface area contributed by atoms with Gasteiger partial charge in [-0.05, 0) is 77.6 Å². The van der Waals surface area contributed by atoms with E-state index in [0.717, 1.165) is 32.1 Å². The van der Waals surface area contributed by atoms with Crippen molar-refractivity contribution in [2.45, 2.75) is 98.4 Å². The van der Waals surface area contributed by atoms with E-state index >= 15 is 0 Å². The van der Waals surface area contributed by atoms with Gasteiger partial charge in [0.25, 0.3) is 0 Å². The quantitative estimate of drug-likeness (QED) is 0.394. The smallest absolute Gasteiger partial charge is 0.333 e. The molecule has 1 saturated carbocycles. The molecule has 3 atom stereocenters. The summed E-state index contributed by atoms with van der Waals surface area (Å²) < 4.78 is 4.68. The fourth-order valence-electron chi connectivity index (χ4n) is 5.08. The van der Waals surface area contributed by atoms with Gasteiger partial charge in [0.1, 0.15) is 5.78 Å². The Morgan fingerprint density at radius 3 is 2.30 bits per heavy atom. The first-order chi connectivity index (χ1) is 14.0. The number of ketones is 1. The molecular weight excluding hydrogens is 380 g/mol. The number of hydrogen-bond acceptors (Lipinski definition) is 5. The molecule has 1 heterocycles. The predicted molar refractivity (Wildman–Crippen MR) is 118 cm³/mol. The van der Waals surface area contributed by atoms with E-state index in [1.54, 1.807) is 6.92 Å². The predicted octanol–water partition coefficient (Wildman–Crippen LogP) is 4.78. The van der Waals surface area contributed by atoms with Gasteiger partial charge in [0, 0.05) is 11.6 Å². The van der Waals surface area contributed by atoms with E-state index in [1.807, 2.05) is 0 Å². The molecule has 0 aromatic rings. The highest BCUT2D eigenvalue weighted by Gasteiger charge is 2.57. The van der Waals surface area contributed by atoms with Crippen LogP contribution in [0, 0.1) is 10.8 Å². The Bertz CT molecular complexity index is 743. The lowest BCUT2D eigenvalue weighted by atomic mass is 9.62. The van der Waals surface area contributed by atoms with Crippen LogP contribution in [0.15, 0.2) is 34.9 Å². The topological polar surface area (TPSA) is 83.8 Å². The lowest BCUT2D eigenvalue weighted by Gasteiger charge is -2.42. The van der Waals surface area contributed by atoms with Crippen LogP contribution in [0.25, 0.3) is 0 Å². The second-order valence-corrected chi connectivity index (χ2v) is 9.65. The molecule has 1 aliphatic carbocycles. The van der Waals surface area contributed by atoms with E-state index in [9.17, 15) is 19.8 Å². The first-order valence-corrected chi connectivity index (χ1v) is 11.1. The van der Waals surface area contributed by atoms with Crippen LogP contribution >= 0.6 is 0 Å². The highest BCUT2D eigenvalue weighted by Crippen LogP contribution is 2.56. The Balaban J connectivity index is 1.81. The van der Waals surface area contributed by atoms with Crippen molar-refractivity contribution < 1.29 is 24.5 Å². The van der Waals surface area contributed by atoms with Crippen molar-refractivity contribution in [2.75, 3.05) is 0 Å². The van der Waals surface area contributed by atoms with E-state index in [0.29, 0.717) is 24.8 Å². The van der Waals surface area contributed by atoms with Gasteiger partial charge in [-0.15, -0.1) is 0 Å². The van der Waals surface area contributed by atoms with Crippen LogP contribution in [0.3, 0.4) is 0 Å². The summed E-state index contributed by atoms with van der Waals surface area (Å²) in [6.07, 6.45) is 10.5. The number of allylic oxidation sites excluding steroid dienone is 4. The van der Waals surface area contributed by atoms with Gasteiger partial charge < -0.3 is 14.9 Å². The van der Waals surface area contributed by atoms with Gasteiger partial charge in [0.05, 0.1) is 11.5 Å². The summed E-state index contributed by atoms with van der Waals surface area (Å²) in [6, 6.07) is 0. The van der Waals surface area contributed by atoms with Crippen LogP contribution in [0.4, 0.5) is 0 Å². The Hall–Kier alpha value is -1.72. The Kier molecular flexibility index (Phi) is 8.23. The molecule has 0 bridgehead atoms. The first kappa shape index (κ1) is 24.5. The monoisotopic (exact) mass is 418 g/mol. The summed E-state index contributed by atoms with van der Waals surface area (Å²) in [5.74, 6) is -0.363. The lowest BCUT2D eigenvalue weighted by molar-refractivity contribution is -0.151. The van der Waals surface area contributed by atoms with Crippen molar-refractivity contribution in [1.82, 2.24) is 0 Å². The van der Waals surface area contributed by atoms with Gasteiger partial charge in [-0.3, -0.25) is 4.79 Å². The van der Waals surface area contributed by atoms with Crippen molar-refractivity contribution in [2.24, 2.45) is 10.8 Å². The molecule has 0 spiro atoms. The largest absolute Gasteiger partial charge is 0.429 e. The molecule has 1 aliphatic heterocycles. The van der Waals surface area contributed by atoms with E-state index in [-0.39, 0.29) is 11.2 Å². The van der Waals surface area contributed by atoms with Crippen LogP contribution in [-0.2, 0) is 14.3 Å². The van der Waals surface area contributed by atoms with E-state index in [2.05, 4.69) is 44.6 Å². The summed E-state index contributed by atoms with van der Waals surface area (Å²) in [5.41, 5.74) is 2.36. The molecule has 2 rings (SSSR count).